The quantitative estimate of drug-likeness (QED) is 0.464. The van der Waals surface area contributed by atoms with Crippen LogP contribution in [-0.4, -0.2) is 31.7 Å². The van der Waals surface area contributed by atoms with Crippen molar-refractivity contribution >= 4 is 37.5 Å². The summed E-state index contributed by atoms with van der Waals surface area (Å²) < 4.78 is 41.5. The van der Waals surface area contributed by atoms with Gasteiger partial charge in [-0.05, 0) is 59.1 Å². The fourth-order valence-corrected chi connectivity index (χ4v) is 5.95. The van der Waals surface area contributed by atoms with Gasteiger partial charge in [0.15, 0.2) is 11.5 Å². The van der Waals surface area contributed by atoms with E-state index in [1.54, 1.807) is 42.5 Å². The van der Waals surface area contributed by atoms with Gasteiger partial charge in [0.05, 0.1) is 15.7 Å². The molecule has 9 heteroatoms. The first-order valence-electron chi connectivity index (χ1n) is 10.6. The van der Waals surface area contributed by atoms with E-state index in [1.807, 2.05) is 6.07 Å². The number of ether oxygens (including phenoxy) is 2. The highest BCUT2D eigenvalue weighted by atomic mass is 79.9. The van der Waals surface area contributed by atoms with Crippen LogP contribution in [0.3, 0.4) is 0 Å². The molecule has 2 heterocycles. The zero-order valence-electron chi connectivity index (χ0n) is 17.6. The molecule has 1 fully saturated rings. The first kappa shape index (κ1) is 21.9. The number of hydrogen-bond donors (Lipinski definition) is 1. The molecule has 1 saturated heterocycles. The first-order valence-corrected chi connectivity index (χ1v) is 12.9. The van der Waals surface area contributed by atoms with Crippen LogP contribution in [0.2, 0.25) is 0 Å². The summed E-state index contributed by atoms with van der Waals surface area (Å²) in [4.78, 5) is 12.9. The van der Waals surface area contributed by atoms with Crippen molar-refractivity contribution in [2.45, 2.75) is 24.2 Å². The standard InChI is InChI=1S/C24H21BrN2O5S/c25-17-8-2-4-10-19(17)31-22-15-21-16(24(28)26-18-9-3-5-11-20(18)32-21)14-23(22)33(29,30)27-12-6-1-7-13-27/h2-5,8-11,14-15H,1,6-7,12-13H2,(H,26,28). The van der Waals surface area contributed by atoms with Gasteiger partial charge < -0.3 is 14.8 Å². The number of anilines is 1. The Kier molecular flexibility index (Phi) is 5.86. The molecule has 0 radical (unpaired) electrons. The molecule has 170 valence electrons. The maximum absolute atomic E-state index is 13.6. The molecule has 0 saturated carbocycles. The van der Waals surface area contributed by atoms with Gasteiger partial charge in [0.2, 0.25) is 10.0 Å². The van der Waals surface area contributed by atoms with Crippen LogP contribution in [0.4, 0.5) is 5.69 Å². The van der Waals surface area contributed by atoms with Crippen molar-refractivity contribution in [2.75, 3.05) is 18.4 Å². The lowest BCUT2D eigenvalue weighted by atomic mass is 10.1. The van der Waals surface area contributed by atoms with E-state index in [4.69, 9.17) is 9.47 Å². The summed E-state index contributed by atoms with van der Waals surface area (Å²) in [5, 5.41) is 2.79. The SMILES string of the molecule is O=C1Nc2ccccc2Oc2cc(Oc3ccccc3Br)c(S(=O)(=O)N3CCCCC3)cc21. The van der Waals surface area contributed by atoms with Crippen LogP contribution < -0.4 is 14.8 Å². The van der Waals surface area contributed by atoms with Gasteiger partial charge in [-0.25, -0.2) is 8.42 Å². The second-order valence-electron chi connectivity index (χ2n) is 7.84. The normalized spacial score (nSPS) is 16.1. The zero-order valence-corrected chi connectivity index (χ0v) is 20.0. The molecular weight excluding hydrogens is 508 g/mol. The Morgan fingerprint density at radius 3 is 2.42 bits per heavy atom. The predicted octanol–water partition coefficient (Wildman–Crippen LogP) is 5.77. The number of hydrogen-bond acceptors (Lipinski definition) is 5. The molecule has 0 bridgehead atoms. The summed E-state index contributed by atoms with van der Waals surface area (Å²) in [6.45, 7) is 0.865. The maximum Gasteiger partial charge on any atom is 0.259 e. The van der Waals surface area contributed by atoms with Gasteiger partial charge in [0, 0.05) is 19.2 Å². The van der Waals surface area contributed by atoms with Crippen LogP contribution in [0.15, 0.2) is 70.0 Å². The van der Waals surface area contributed by atoms with E-state index in [0.717, 1.165) is 19.3 Å². The van der Waals surface area contributed by atoms with Crippen molar-refractivity contribution in [3.63, 3.8) is 0 Å². The molecule has 0 aliphatic carbocycles. The lowest BCUT2D eigenvalue weighted by molar-refractivity contribution is 0.102. The van der Waals surface area contributed by atoms with Crippen molar-refractivity contribution in [1.29, 1.82) is 0 Å². The Labute approximate surface area is 200 Å². The molecule has 0 aromatic heterocycles. The molecule has 2 aliphatic heterocycles. The Morgan fingerprint density at radius 2 is 1.64 bits per heavy atom. The number of nitrogens with one attached hydrogen (secondary N) is 1. The van der Waals surface area contributed by atoms with Crippen LogP contribution in [0.25, 0.3) is 0 Å². The van der Waals surface area contributed by atoms with Crippen LogP contribution in [-0.2, 0) is 10.0 Å². The monoisotopic (exact) mass is 528 g/mol. The van der Waals surface area contributed by atoms with Crippen molar-refractivity contribution in [1.82, 2.24) is 4.31 Å². The summed E-state index contributed by atoms with van der Waals surface area (Å²) in [6.07, 6.45) is 2.58. The number of carbonyl (C=O) groups excluding carboxylic acids is 1. The summed E-state index contributed by atoms with van der Waals surface area (Å²) in [6, 6.07) is 17.0. The van der Waals surface area contributed by atoms with Crippen molar-refractivity contribution < 1.29 is 22.7 Å². The second kappa shape index (κ2) is 8.81. The molecular formula is C24H21BrN2O5S. The van der Waals surface area contributed by atoms with Crippen LogP contribution in [0.5, 0.6) is 23.0 Å². The van der Waals surface area contributed by atoms with Gasteiger partial charge >= 0.3 is 0 Å². The number of para-hydroxylation sites is 3. The van der Waals surface area contributed by atoms with Crippen molar-refractivity contribution in [2.24, 2.45) is 0 Å². The number of nitrogens with zero attached hydrogens (tertiary/aromatic N) is 1. The van der Waals surface area contributed by atoms with Crippen molar-refractivity contribution in [3.8, 4) is 23.0 Å². The second-order valence-corrected chi connectivity index (χ2v) is 10.6. The first-order chi connectivity index (χ1) is 15.9. The lowest BCUT2D eigenvalue weighted by Gasteiger charge is -2.27. The average molecular weight is 529 g/mol. The minimum atomic E-state index is -3.90. The van der Waals surface area contributed by atoms with Gasteiger partial charge in [-0.2, -0.15) is 4.31 Å². The molecule has 0 unspecified atom stereocenters. The minimum Gasteiger partial charge on any atom is -0.455 e. The van der Waals surface area contributed by atoms with E-state index in [-0.39, 0.29) is 22.0 Å². The summed E-state index contributed by atoms with van der Waals surface area (Å²) in [7, 11) is -3.90. The Bertz CT molecular complexity index is 1340. The van der Waals surface area contributed by atoms with Crippen LogP contribution in [0, 0.1) is 0 Å². The third-order valence-electron chi connectivity index (χ3n) is 5.64. The Balaban J connectivity index is 1.67. The van der Waals surface area contributed by atoms with Gasteiger partial charge in [-0.15, -0.1) is 0 Å². The third-order valence-corrected chi connectivity index (χ3v) is 8.21. The van der Waals surface area contributed by atoms with E-state index < -0.39 is 15.9 Å². The van der Waals surface area contributed by atoms with Gasteiger partial charge in [-0.1, -0.05) is 30.7 Å². The highest BCUT2D eigenvalue weighted by molar-refractivity contribution is 9.10. The number of benzene rings is 3. The van der Waals surface area contributed by atoms with E-state index >= 15 is 0 Å². The predicted molar refractivity (Wildman–Crippen MR) is 128 cm³/mol. The molecule has 7 nitrogen and oxygen atoms in total. The smallest absolute Gasteiger partial charge is 0.259 e. The number of sulfonamides is 1. The molecule has 3 aromatic rings. The molecule has 0 spiro atoms. The van der Waals surface area contributed by atoms with Crippen LogP contribution >= 0.6 is 15.9 Å². The summed E-state index contributed by atoms with van der Waals surface area (Å²) in [5.74, 6) is 0.780. The van der Waals surface area contributed by atoms with E-state index in [1.165, 1.54) is 16.4 Å². The summed E-state index contributed by atoms with van der Waals surface area (Å²) in [5.41, 5.74) is 0.633. The molecule has 33 heavy (non-hydrogen) atoms. The Morgan fingerprint density at radius 1 is 0.909 bits per heavy atom. The fraction of sp³-hybridized carbons (Fsp3) is 0.208. The average Bonchev–Trinajstić information content (AvgIpc) is 2.96. The highest BCUT2D eigenvalue weighted by Gasteiger charge is 2.33. The van der Waals surface area contributed by atoms with E-state index in [0.29, 0.717) is 34.7 Å². The highest BCUT2D eigenvalue weighted by Crippen LogP contribution is 2.43. The number of amides is 1. The summed E-state index contributed by atoms with van der Waals surface area (Å²) >= 11 is 3.44. The molecule has 1 N–H and O–H groups in total. The number of fused-ring (bicyclic) bond motifs is 2. The van der Waals surface area contributed by atoms with Gasteiger partial charge in [0.25, 0.3) is 5.91 Å². The van der Waals surface area contributed by atoms with Gasteiger partial charge in [-0.3, -0.25) is 4.79 Å². The number of piperidine rings is 1. The molecule has 3 aromatic carbocycles. The maximum atomic E-state index is 13.6. The zero-order chi connectivity index (χ0) is 23.0. The topological polar surface area (TPSA) is 84.9 Å². The number of halogens is 1. The molecule has 5 rings (SSSR count). The molecule has 2 aliphatic rings. The fourth-order valence-electron chi connectivity index (χ4n) is 3.94. The van der Waals surface area contributed by atoms with Crippen LogP contribution in [0.1, 0.15) is 29.6 Å². The largest absolute Gasteiger partial charge is 0.455 e. The van der Waals surface area contributed by atoms with E-state index in [9.17, 15) is 13.2 Å². The number of carbonyl (C=O) groups is 1. The van der Waals surface area contributed by atoms with E-state index in [2.05, 4.69) is 21.2 Å². The number of rotatable bonds is 4. The lowest BCUT2D eigenvalue weighted by Crippen LogP contribution is -2.35. The third kappa shape index (κ3) is 4.23. The minimum absolute atomic E-state index is 0.0661. The molecule has 1 amide bonds. The van der Waals surface area contributed by atoms with Gasteiger partial charge in [0.1, 0.15) is 16.4 Å². The Hall–Kier alpha value is -2.88. The van der Waals surface area contributed by atoms with Crippen molar-refractivity contribution in [3.05, 3.63) is 70.7 Å². The molecule has 0 atom stereocenters.